The van der Waals surface area contributed by atoms with E-state index in [2.05, 4.69) is 4.99 Å². The van der Waals surface area contributed by atoms with Gasteiger partial charge in [0.25, 0.3) is 5.91 Å². The Morgan fingerprint density at radius 1 is 1.20 bits per heavy atom. The molecule has 0 aromatic rings. The molecule has 1 saturated heterocycles. The van der Waals surface area contributed by atoms with E-state index in [1.54, 1.807) is 6.92 Å². The van der Waals surface area contributed by atoms with Crippen molar-refractivity contribution in [2.24, 2.45) is 10.9 Å². The molecule has 25 heavy (non-hydrogen) atoms. The highest BCUT2D eigenvalue weighted by Crippen LogP contribution is 2.26. The van der Waals surface area contributed by atoms with Crippen LogP contribution in [0.15, 0.2) is 16.6 Å². The van der Waals surface area contributed by atoms with Gasteiger partial charge in [0.05, 0.1) is 11.5 Å². The molecule has 0 aromatic carbocycles. The third-order valence-electron chi connectivity index (χ3n) is 4.85. The van der Waals surface area contributed by atoms with Gasteiger partial charge in [-0.15, -0.1) is 0 Å². The molecular weight excluding hydrogens is 346 g/mol. The normalized spacial score (nSPS) is 25.3. The first kappa shape index (κ1) is 17.9. The molecule has 2 amide bonds. The lowest BCUT2D eigenvalue weighted by Crippen LogP contribution is -2.53. The molecule has 2 fully saturated rings. The Bertz CT molecular complexity index is 776. The van der Waals surface area contributed by atoms with Crippen LogP contribution in [-0.4, -0.2) is 72.9 Å². The monoisotopic (exact) mass is 367 g/mol. The predicted molar refractivity (Wildman–Crippen MR) is 90.5 cm³/mol. The van der Waals surface area contributed by atoms with Gasteiger partial charge >= 0.3 is 0 Å². The van der Waals surface area contributed by atoms with E-state index in [0.717, 1.165) is 0 Å². The SMILES string of the molecule is CCS(=O)(=O)N1CCN(C(=O)C2C=C3C(=O)CCCC3=NC2=O)CC1. The first-order valence-electron chi connectivity index (χ1n) is 8.47. The molecule has 2 heterocycles. The minimum atomic E-state index is -3.28. The van der Waals surface area contributed by atoms with Crippen molar-refractivity contribution in [1.29, 1.82) is 0 Å². The molecule has 0 radical (unpaired) electrons. The average Bonchev–Trinajstić information content (AvgIpc) is 2.61. The first-order chi connectivity index (χ1) is 11.8. The molecule has 1 unspecified atom stereocenters. The molecule has 2 aliphatic heterocycles. The van der Waals surface area contributed by atoms with Crippen molar-refractivity contribution >= 4 is 33.3 Å². The highest BCUT2D eigenvalue weighted by atomic mass is 32.2. The minimum absolute atomic E-state index is 0.0216. The molecule has 136 valence electrons. The van der Waals surface area contributed by atoms with Gasteiger partial charge in [0.15, 0.2) is 5.78 Å². The fourth-order valence-electron chi connectivity index (χ4n) is 3.34. The summed E-state index contributed by atoms with van der Waals surface area (Å²) in [5.41, 5.74) is 0.889. The molecule has 0 spiro atoms. The molecule has 9 heteroatoms. The van der Waals surface area contributed by atoms with E-state index in [4.69, 9.17) is 0 Å². The summed E-state index contributed by atoms with van der Waals surface area (Å²) in [6, 6.07) is 0. The van der Waals surface area contributed by atoms with E-state index in [9.17, 15) is 22.8 Å². The molecule has 1 atom stereocenters. The summed E-state index contributed by atoms with van der Waals surface area (Å²) in [4.78, 5) is 42.3. The van der Waals surface area contributed by atoms with Crippen molar-refractivity contribution < 1.29 is 22.8 Å². The van der Waals surface area contributed by atoms with Crippen molar-refractivity contribution in [2.75, 3.05) is 31.9 Å². The Kier molecular flexibility index (Phi) is 4.88. The molecule has 1 aliphatic carbocycles. The van der Waals surface area contributed by atoms with Gasteiger partial charge in [0.1, 0.15) is 5.92 Å². The molecule has 8 nitrogen and oxygen atoms in total. The van der Waals surface area contributed by atoms with Crippen LogP contribution in [0.1, 0.15) is 26.2 Å². The number of carbonyl (C=O) groups is 3. The molecule has 3 aliphatic rings. The Morgan fingerprint density at radius 2 is 1.88 bits per heavy atom. The van der Waals surface area contributed by atoms with Crippen LogP contribution in [0.2, 0.25) is 0 Å². The highest BCUT2D eigenvalue weighted by Gasteiger charge is 2.37. The molecule has 3 rings (SSSR count). The third-order valence-corrected chi connectivity index (χ3v) is 6.73. The van der Waals surface area contributed by atoms with Gasteiger partial charge in [0.2, 0.25) is 15.9 Å². The van der Waals surface area contributed by atoms with Gasteiger partial charge in [-0.25, -0.2) is 13.4 Å². The van der Waals surface area contributed by atoms with E-state index in [1.165, 1.54) is 15.3 Å². The molecule has 0 N–H and O–H groups in total. The van der Waals surface area contributed by atoms with Gasteiger partial charge in [-0.3, -0.25) is 14.4 Å². The second kappa shape index (κ2) is 6.80. The van der Waals surface area contributed by atoms with Crippen molar-refractivity contribution in [3.63, 3.8) is 0 Å². The number of sulfonamides is 1. The summed E-state index contributed by atoms with van der Waals surface area (Å²) in [6.45, 7) is 2.47. The van der Waals surface area contributed by atoms with Crippen molar-refractivity contribution in [2.45, 2.75) is 26.2 Å². The summed E-state index contributed by atoms with van der Waals surface area (Å²) in [7, 11) is -3.28. The number of dihydropyridines is 1. The van der Waals surface area contributed by atoms with Gasteiger partial charge < -0.3 is 4.90 Å². The zero-order valence-corrected chi connectivity index (χ0v) is 14.9. The van der Waals surface area contributed by atoms with Gasteiger partial charge in [-0.2, -0.15) is 4.31 Å². The van der Waals surface area contributed by atoms with Gasteiger partial charge in [-0.1, -0.05) is 6.08 Å². The van der Waals surface area contributed by atoms with Gasteiger partial charge in [0, 0.05) is 38.2 Å². The number of allylic oxidation sites excluding steroid dienone is 1. The summed E-state index contributed by atoms with van der Waals surface area (Å²) < 4.78 is 25.1. The smallest absolute Gasteiger partial charge is 0.262 e. The fourth-order valence-corrected chi connectivity index (χ4v) is 4.42. The van der Waals surface area contributed by atoms with Crippen LogP contribution in [0.4, 0.5) is 0 Å². The maximum atomic E-state index is 12.7. The zero-order chi connectivity index (χ0) is 18.2. The Balaban J connectivity index is 1.71. The lowest BCUT2D eigenvalue weighted by atomic mass is 9.86. The second-order valence-corrected chi connectivity index (χ2v) is 8.61. The van der Waals surface area contributed by atoms with Crippen LogP contribution in [0, 0.1) is 5.92 Å². The quantitative estimate of drug-likeness (QED) is 0.640. The van der Waals surface area contributed by atoms with Crippen LogP contribution < -0.4 is 0 Å². The minimum Gasteiger partial charge on any atom is -0.339 e. The summed E-state index contributed by atoms with van der Waals surface area (Å²) in [6.07, 6.45) is 3.11. The number of rotatable bonds is 3. The lowest BCUT2D eigenvalue weighted by molar-refractivity contribution is -0.139. The Morgan fingerprint density at radius 3 is 2.52 bits per heavy atom. The number of fused-ring (bicyclic) bond motifs is 1. The fraction of sp³-hybridized carbons (Fsp3) is 0.625. The predicted octanol–water partition coefficient (Wildman–Crippen LogP) is -0.243. The molecule has 0 aromatic heterocycles. The molecule has 0 bridgehead atoms. The van der Waals surface area contributed by atoms with Crippen molar-refractivity contribution in [3.05, 3.63) is 11.6 Å². The van der Waals surface area contributed by atoms with Crippen LogP contribution in [0.25, 0.3) is 0 Å². The van der Waals surface area contributed by atoms with Crippen LogP contribution in [0.3, 0.4) is 0 Å². The van der Waals surface area contributed by atoms with Gasteiger partial charge in [-0.05, 0) is 19.8 Å². The maximum Gasteiger partial charge on any atom is 0.262 e. The van der Waals surface area contributed by atoms with E-state index >= 15 is 0 Å². The number of hydrogen-bond acceptors (Lipinski definition) is 5. The van der Waals surface area contributed by atoms with E-state index in [-0.39, 0.29) is 37.7 Å². The topological polar surface area (TPSA) is 104 Å². The molecule has 1 saturated carbocycles. The number of amides is 2. The number of ketones is 1. The Hall–Kier alpha value is -1.87. The third kappa shape index (κ3) is 3.43. The number of hydrogen-bond donors (Lipinski definition) is 0. The van der Waals surface area contributed by atoms with Crippen LogP contribution in [0.5, 0.6) is 0 Å². The number of carbonyl (C=O) groups excluding carboxylic acids is 3. The van der Waals surface area contributed by atoms with Crippen LogP contribution in [-0.2, 0) is 24.4 Å². The van der Waals surface area contributed by atoms with Crippen molar-refractivity contribution in [1.82, 2.24) is 9.21 Å². The Labute approximate surface area is 146 Å². The number of nitrogens with zero attached hydrogens (tertiary/aromatic N) is 3. The lowest BCUT2D eigenvalue weighted by Gasteiger charge is -2.35. The summed E-state index contributed by atoms with van der Waals surface area (Å²) >= 11 is 0. The highest BCUT2D eigenvalue weighted by molar-refractivity contribution is 7.89. The summed E-state index contributed by atoms with van der Waals surface area (Å²) in [5, 5.41) is 0. The zero-order valence-electron chi connectivity index (χ0n) is 14.1. The maximum absolute atomic E-state index is 12.7. The number of aliphatic imine (C=N–C) groups is 1. The largest absolute Gasteiger partial charge is 0.339 e. The van der Waals surface area contributed by atoms with Crippen molar-refractivity contribution in [3.8, 4) is 0 Å². The number of piperazine rings is 1. The van der Waals surface area contributed by atoms with E-state index in [1.807, 2.05) is 0 Å². The standard InChI is InChI=1S/C16H21N3O5S/c1-2-25(23,24)19-8-6-18(7-9-19)16(22)12-10-11-13(17-15(12)21)4-3-5-14(11)20/h10,12H,2-9H2,1H3. The number of Topliss-reactive ketones (excluding diaryl/α,β-unsaturated/α-hetero) is 1. The van der Waals surface area contributed by atoms with E-state index < -0.39 is 27.8 Å². The van der Waals surface area contributed by atoms with Crippen LogP contribution >= 0.6 is 0 Å². The molecular formula is C16H21N3O5S. The summed E-state index contributed by atoms with van der Waals surface area (Å²) in [5.74, 6) is -2.08. The van der Waals surface area contributed by atoms with E-state index in [0.29, 0.717) is 30.5 Å². The average molecular weight is 367 g/mol. The first-order valence-corrected chi connectivity index (χ1v) is 10.1. The second-order valence-electron chi connectivity index (χ2n) is 6.36.